The number of Topliss-reactive ketones (excluding diaryl/α,β-unsaturated/α-hetero) is 1. The smallest absolute Gasteiger partial charge is 0.260 e. The fourth-order valence-corrected chi connectivity index (χ4v) is 4.48. The Morgan fingerprint density at radius 3 is 1.89 bits per heavy atom. The quantitative estimate of drug-likeness (QED) is 0.238. The second-order valence-electron chi connectivity index (χ2n) is 12.8. The average molecular weight is 615 g/mol. The van der Waals surface area contributed by atoms with Crippen LogP contribution in [0.1, 0.15) is 123 Å². The number of terminal acetylenes is 1. The van der Waals surface area contributed by atoms with Gasteiger partial charge >= 0.3 is 0 Å². The number of hydrogen-bond donors (Lipinski definition) is 1. The van der Waals surface area contributed by atoms with Gasteiger partial charge in [-0.15, -0.1) is 12.8 Å². The number of carbonyl (C=O) groups is 2. The summed E-state index contributed by atoms with van der Waals surface area (Å²) in [5.74, 6) is 0.293. The van der Waals surface area contributed by atoms with Gasteiger partial charge in [-0.2, -0.15) is 0 Å². The summed E-state index contributed by atoms with van der Waals surface area (Å²) >= 11 is 0. The molecule has 2 aromatic carbocycles. The zero-order chi connectivity index (χ0) is 32.9. The molecule has 4 heteroatoms. The van der Waals surface area contributed by atoms with Crippen LogP contribution >= 0.6 is 0 Å². The molecule has 0 saturated carbocycles. The highest BCUT2D eigenvalue weighted by Gasteiger charge is 2.28. The number of nitrogens with zero attached hydrogens (tertiary/aromatic N) is 1. The van der Waals surface area contributed by atoms with Crippen LogP contribution in [0.25, 0.3) is 0 Å². The molecule has 0 saturated heterocycles. The van der Waals surface area contributed by atoms with Gasteiger partial charge in [0.2, 0.25) is 0 Å². The van der Waals surface area contributed by atoms with Crippen LogP contribution in [0.4, 0.5) is 17.1 Å². The first-order chi connectivity index (χ1) is 20.1. The van der Waals surface area contributed by atoms with Crippen LogP contribution in [0.5, 0.6) is 0 Å². The Labute approximate surface area is 277 Å². The zero-order valence-electron chi connectivity index (χ0n) is 28.6. The van der Waals surface area contributed by atoms with Crippen LogP contribution in [0.2, 0.25) is 0 Å². The number of benzene rings is 2. The first kappa shape index (κ1) is 43.3. The summed E-state index contributed by atoms with van der Waals surface area (Å²) in [6.45, 7) is 22.9. The maximum absolute atomic E-state index is 13.7. The molecule has 1 heterocycles. The summed E-state index contributed by atoms with van der Waals surface area (Å²) in [7, 11) is 0. The number of aryl methyl sites for hydroxylation is 3. The van der Waals surface area contributed by atoms with Crippen LogP contribution in [-0.2, 0) is 4.79 Å². The van der Waals surface area contributed by atoms with E-state index < -0.39 is 0 Å². The van der Waals surface area contributed by atoms with Crippen molar-refractivity contribution >= 4 is 28.8 Å². The van der Waals surface area contributed by atoms with Gasteiger partial charge in [0.25, 0.3) is 5.91 Å². The van der Waals surface area contributed by atoms with Gasteiger partial charge < -0.3 is 10.2 Å². The highest BCUT2D eigenvalue weighted by molar-refractivity contribution is 6.14. The van der Waals surface area contributed by atoms with Crippen LogP contribution in [0.3, 0.4) is 0 Å². The summed E-state index contributed by atoms with van der Waals surface area (Å²) in [4.78, 5) is 26.1. The molecule has 0 unspecified atom stereocenters. The number of nitrogens with one attached hydrogen (secondary N) is 1. The van der Waals surface area contributed by atoms with Gasteiger partial charge in [-0.05, 0) is 110 Å². The number of carbonyl (C=O) groups excluding carboxylic acids is 2. The highest BCUT2D eigenvalue weighted by Crippen LogP contribution is 2.40. The fraction of sp³-hybridized carbons (Fsp3) is 0.463. The van der Waals surface area contributed by atoms with Crippen molar-refractivity contribution in [2.45, 2.75) is 117 Å². The van der Waals surface area contributed by atoms with E-state index in [1.54, 1.807) is 6.92 Å². The molecule has 4 nitrogen and oxygen atoms in total. The number of rotatable bonds is 8. The molecular weight excluding hydrogens is 552 g/mol. The summed E-state index contributed by atoms with van der Waals surface area (Å²) in [5, 5.41) is 3.59. The van der Waals surface area contributed by atoms with E-state index in [9.17, 15) is 9.59 Å². The Bertz CT molecular complexity index is 1380. The van der Waals surface area contributed by atoms with Crippen LogP contribution in [0, 0.1) is 39.0 Å². The Morgan fingerprint density at radius 1 is 0.822 bits per heavy atom. The van der Waals surface area contributed by atoms with Crippen molar-refractivity contribution in [3.63, 3.8) is 0 Å². The molecule has 1 N–H and O–H groups in total. The summed E-state index contributed by atoms with van der Waals surface area (Å²) in [6, 6.07) is 10.2. The van der Waals surface area contributed by atoms with Gasteiger partial charge in [-0.25, -0.2) is 0 Å². The van der Waals surface area contributed by atoms with E-state index in [1.165, 1.54) is 16.7 Å². The molecule has 1 amide bonds. The maximum Gasteiger partial charge on any atom is 0.260 e. The summed E-state index contributed by atoms with van der Waals surface area (Å²) in [6.07, 6.45) is 19.2. The van der Waals surface area contributed by atoms with Crippen LogP contribution < -0.4 is 10.2 Å². The minimum Gasteiger partial charge on any atom is -0.353 e. The topological polar surface area (TPSA) is 49.4 Å². The first-order valence-electron chi connectivity index (χ1n) is 15.2. The second-order valence-corrected chi connectivity index (χ2v) is 12.8. The van der Waals surface area contributed by atoms with Crippen molar-refractivity contribution in [1.29, 1.82) is 0 Å². The molecule has 0 bridgehead atoms. The molecule has 0 fully saturated rings. The zero-order valence-corrected chi connectivity index (χ0v) is 28.6. The molecular formula is C41H62N2O2. The van der Waals surface area contributed by atoms with E-state index in [1.807, 2.05) is 37.8 Å². The second kappa shape index (κ2) is 20.2. The van der Waals surface area contributed by atoms with Gasteiger partial charge in [-0.1, -0.05) is 88.8 Å². The lowest BCUT2D eigenvalue weighted by Crippen LogP contribution is -2.30. The molecule has 0 aliphatic carbocycles. The van der Waals surface area contributed by atoms with Gasteiger partial charge in [0.1, 0.15) is 5.78 Å². The molecule has 1 aliphatic rings. The van der Waals surface area contributed by atoms with E-state index in [0.29, 0.717) is 6.54 Å². The third-order valence-corrected chi connectivity index (χ3v) is 7.55. The average Bonchev–Trinajstić information content (AvgIpc) is 3.03. The van der Waals surface area contributed by atoms with E-state index in [4.69, 9.17) is 0 Å². The van der Waals surface area contributed by atoms with Crippen molar-refractivity contribution in [1.82, 2.24) is 0 Å². The lowest BCUT2D eigenvalue weighted by Gasteiger charge is -2.23. The molecule has 0 aromatic heterocycles. The van der Waals surface area contributed by atoms with Crippen molar-refractivity contribution in [2.75, 3.05) is 16.8 Å². The maximum atomic E-state index is 13.7. The normalized spacial score (nSPS) is 12.2. The Balaban J connectivity index is 0. The van der Waals surface area contributed by atoms with E-state index >= 15 is 0 Å². The number of para-hydroxylation sites is 1. The SMILES string of the molecule is C.C.C#C.CC(=O)C(C)(C)C.CC(C)=CCC/C(C)=C/CC/C(C)=C/CN1C(=O)c2cccc(C)c2Nc2c(C)cc(C)cc21. The predicted octanol–water partition coefficient (Wildman–Crippen LogP) is 11.9. The van der Waals surface area contributed by atoms with Gasteiger partial charge in [0.05, 0.1) is 22.6 Å². The molecule has 0 atom stereocenters. The molecule has 2 aromatic rings. The van der Waals surface area contributed by atoms with E-state index in [-0.39, 0.29) is 32.0 Å². The van der Waals surface area contributed by atoms with E-state index in [2.05, 4.69) is 103 Å². The Kier molecular flexibility index (Phi) is 19.5. The van der Waals surface area contributed by atoms with Crippen LogP contribution in [-0.4, -0.2) is 18.2 Å². The lowest BCUT2D eigenvalue weighted by atomic mass is 9.92. The number of ketones is 1. The van der Waals surface area contributed by atoms with Gasteiger partial charge in [0.15, 0.2) is 0 Å². The fourth-order valence-electron chi connectivity index (χ4n) is 4.48. The first-order valence-corrected chi connectivity index (χ1v) is 15.2. The largest absolute Gasteiger partial charge is 0.353 e. The van der Waals surface area contributed by atoms with Crippen molar-refractivity contribution < 1.29 is 9.59 Å². The number of fused-ring (bicyclic) bond motifs is 2. The monoisotopic (exact) mass is 614 g/mol. The van der Waals surface area contributed by atoms with Crippen molar-refractivity contribution in [3.05, 3.63) is 87.5 Å². The standard InChI is InChI=1S/C31H40N2O.C6H12O.C2H2.2CH4/c1-21(2)11-8-12-22(3)13-9-14-23(4)17-18-33-28-20-24(5)19-26(7)30(28)32-29-25(6)15-10-16-27(29)31(33)34;1-5(7)6(2,3)4;1-2;;/h10-11,13,15-17,19-20,32H,8-9,12,14,18H2,1-7H3;1-4H3;1-2H;2*1H4/b22-13+,23-17+;;;;. The third-order valence-electron chi connectivity index (χ3n) is 7.55. The van der Waals surface area contributed by atoms with Gasteiger partial charge in [0, 0.05) is 12.0 Å². The molecule has 0 radical (unpaired) electrons. The summed E-state index contributed by atoms with van der Waals surface area (Å²) in [5.41, 5.74) is 11.0. The van der Waals surface area contributed by atoms with Crippen LogP contribution in [0.15, 0.2) is 65.3 Å². The molecule has 45 heavy (non-hydrogen) atoms. The predicted molar refractivity (Wildman–Crippen MR) is 201 cm³/mol. The van der Waals surface area contributed by atoms with Crippen molar-refractivity contribution in [3.8, 4) is 12.8 Å². The number of anilines is 3. The van der Waals surface area contributed by atoms with Gasteiger partial charge in [-0.3, -0.25) is 9.59 Å². The minimum atomic E-state index is -0.139. The number of hydrogen-bond acceptors (Lipinski definition) is 3. The third kappa shape index (κ3) is 13.8. The molecule has 3 rings (SSSR count). The van der Waals surface area contributed by atoms with E-state index in [0.717, 1.165) is 65.0 Å². The minimum absolute atomic E-state index is 0. The summed E-state index contributed by atoms with van der Waals surface area (Å²) < 4.78 is 0. The lowest BCUT2D eigenvalue weighted by molar-refractivity contribution is -0.124. The highest BCUT2D eigenvalue weighted by atomic mass is 16.2. The number of amides is 1. The van der Waals surface area contributed by atoms with Crippen molar-refractivity contribution in [2.24, 2.45) is 5.41 Å². The Morgan fingerprint density at radius 2 is 1.36 bits per heavy atom. The Hall–Kier alpha value is -3.84. The number of allylic oxidation sites excluding steroid dienone is 5. The molecule has 1 aliphatic heterocycles. The molecule has 0 spiro atoms. The molecule has 248 valence electrons.